The van der Waals surface area contributed by atoms with Gasteiger partial charge in [0.05, 0.1) is 13.7 Å². The Hall–Kier alpha value is -3.59. The monoisotopic (exact) mass is 541 g/mol. The first-order chi connectivity index (χ1) is 17.8. The van der Waals surface area contributed by atoms with Crippen LogP contribution in [0.4, 0.5) is 4.39 Å². The molecule has 2 atom stereocenters. The highest BCUT2D eigenvalue weighted by Gasteiger charge is 2.36. The smallest absolute Gasteiger partial charge is 0.334 e. The van der Waals surface area contributed by atoms with Gasteiger partial charge in [0.2, 0.25) is 5.88 Å². The normalized spacial score (nSPS) is 15.2. The second-order valence-corrected chi connectivity index (χ2v) is 9.36. The van der Waals surface area contributed by atoms with Crippen molar-refractivity contribution in [2.45, 2.75) is 18.6 Å². The first-order valence-electron chi connectivity index (χ1n) is 11.4. The summed E-state index contributed by atoms with van der Waals surface area (Å²) < 4.78 is 28.7. The molecule has 0 bridgehead atoms. The highest BCUT2D eigenvalue weighted by molar-refractivity contribution is 6.36. The number of halogens is 3. The molecule has 2 unspecified atom stereocenters. The van der Waals surface area contributed by atoms with Gasteiger partial charge in [0.15, 0.2) is 11.6 Å². The van der Waals surface area contributed by atoms with E-state index in [1.807, 2.05) is 18.2 Å². The zero-order chi connectivity index (χ0) is 26.3. The van der Waals surface area contributed by atoms with Gasteiger partial charge in [-0.3, -0.25) is 13.9 Å². The maximum Gasteiger partial charge on any atom is 0.334 e. The maximum absolute atomic E-state index is 15.4. The molecule has 1 aliphatic rings. The topological polar surface area (TPSA) is 88.5 Å². The Morgan fingerprint density at radius 3 is 2.41 bits per heavy atom. The first-order valence-corrected chi connectivity index (χ1v) is 12.2. The summed E-state index contributed by atoms with van der Waals surface area (Å²) in [6, 6.07) is 17.0. The minimum Gasteiger partial charge on any atom is -0.494 e. The molecule has 37 heavy (non-hydrogen) atoms. The van der Waals surface area contributed by atoms with Gasteiger partial charge in [-0.05, 0) is 23.8 Å². The average molecular weight is 542 g/mol. The van der Waals surface area contributed by atoms with Crippen LogP contribution in [-0.4, -0.2) is 22.9 Å². The molecule has 2 N–H and O–H groups in total. The molecule has 0 fully saturated rings. The van der Waals surface area contributed by atoms with Gasteiger partial charge in [0, 0.05) is 27.2 Å². The van der Waals surface area contributed by atoms with E-state index in [9.17, 15) is 9.59 Å². The molecule has 2 heterocycles. The van der Waals surface area contributed by atoms with Gasteiger partial charge in [-0.25, -0.2) is 9.18 Å². The Balaban J connectivity index is 1.78. The highest BCUT2D eigenvalue weighted by Crippen LogP contribution is 2.41. The van der Waals surface area contributed by atoms with Crippen molar-refractivity contribution in [2.24, 2.45) is 5.73 Å². The van der Waals surface area contributed by atoms with Crippen LogP contribution < -0.4 is 26.5 Å². The summed E-state index contributed by atoms with van der Waals surface area (Å²) in [4.78, 5) is 27.6. The Kier molecular flexibility index (Phi) is 6.81. The number of benzene rings is 3. The molecule has 0 aliphatic carbocycles. The van der Waals surface area contributed by atoms with Crippen molar-refractivity contribution in [2.75, 3.05) is 13.7 Å². The van der Waals surface area contributed by atoms with Crippen LogP contribution >= 0.6 is 23.2 Å². The number of methoxy groups -OCH3 is 1. The Labute approximate surface area is 221 Å². The fourth-order valence-electron chi connectivity index (χ4n) is 4.60. The SMILES string of the molecule is COc1cccc(-c2c3n(c(=O)n(CC(N)c4ccccc4)c2=O)C(c2c(Cl)cccc2Cl)CO3)c1F. The summed E-state index contributed by atoms with van der Waals surface area (Å²) in [5, 5.41) is 0.655. The molecule has 1 aliphatic heterocycles. The number of hydrogen-bond donors (Lipinski definition) is 1. The molecule has 4 aromatic rings. The van der Waals surface area contributed by atoms with E-state index >= 15 is 4.39 Å². The standard InChI is InChI=1S/C27H22Cl2FN3O4/c1-36-21-12-5-9-16(24(21)30)22-25(34)32(13-19(31)15-7-3-2-4-8-15)27(35)33-20(14-37-26(22)33)23-17(28)10-6-11-18(23)29/h2-12,19-20H,13-14,31H2,1H3. The number of nitrogens with zero attached hydrogens (tertiary/aromatic N) is 2. The zero-order valence-electron chi connectivity index (χ0n) is 19.7. The van der Waals surface area contributed by atoms with Gasteiger partial charge < -0.3 is 15.2 Å². The van der Waals surface area contributed by atoms with Gasteiger partial charge in [0.25, 0.3) is 5.56 Å². The second kappa shape index (κ2) is 10.0. The maximum atomic E-state index is 15.4. The molecular weight excluding hydrogens is 520 g/mol. The average Bonchev–Trinajstić information content (AvgIpc) is 3.32. The Bertz CT molecular complexity index is 1580. The van der Waals surface area contributed by atoms with Crippen LogP contribution in [0.25, 0.3) is 11.1 Å². The predicted octanol–water partition coefficient (Wildman–Crippen LogP) is 4.81. The molecule has 1 aromatic heterocycles. The molecule has 190 valence electrons. The van der Waals surface area contributed by atoms with E-state index in [0.29, 0.717) is 15.6 Å². The van der Waals surface area contributed by atoms with Crippen LogP contribution in [0.2, 0.25) is 10.0 Å². The first kappa shape index (κ1) is 25.1. The lowest BCUT2D eigenvalue weighted by molar-refractivity contribution is 0.343. The van der Waals surface area contributed by atoms with E-state index < -0.39 is 29.1 Å². The molecule has 5 rings (SSSR count). The zero-order valence-corrected chi connectivity index (χ0v) is 21.2. The summed E-state index contributed by atoms with van der Waals surface area (Å²) >= 11 is 12.9. The van der Waals surface area contributed by atoms with Crippen molar-refractivity contribution in [1.82, 2.24) is 9.13 Å². The fraction of sp³-hybridized carbons (Fsp3) is 0.185. The largest absolute Gasteiger partial charge is 0.494 e. The Morgan fingerprint density at radius 2 is 1.73 bits per heavy atom. The molecular formula is C27H22Cl2FN3O4. The van der Waals surface area contributed by atoms with Crippen molar-refractivity contribution < 1.29 is 13.9 Å². The molecule has 10 heteroatoms. The highest BCUT2D eigenvalue weighted by atomic mass is 35.5. The number of hydrogen-bond acceptors (Lipinski definition) is 5. The summed E-state index contributed by atoms with van der Waals surface area (Å²) in [7, 11) is 1.32. The summed E-state index contributed by atoms with van der Waals surface area (Å²) in [6.07, 6.45) is 0. The van der Waals surface area contributed by atoms with Crippen LogP contribution in [0.3, 0.4) is 0 Å². The number of rotatable bonds is 6. The van der Waals surface area contributed by atoms with Crippen LogP contribution in [0, 0.1) is 5.82 Å². The van der Waals surface area contributed by atoms with Crippen LogP contribution in [0.5, 0.6) is 11.6 Å². The lowest BCUT2D eigenvalue weighted by Gasteiger charge is -2.20. The molecule has 0 spiro atoms. The molecule has 0 amide bonds. The lowest BCUT2D eigenvalue weighted by Crippen LogP contribution is -2.43. The van der Waals surface area contributed by atoms with E-state index in [1.54, 1.807) is 36.4 Å². The third-order valence-corrected chi connectivity index (χ3v) is 7.07. The van der Waals surface area contributed by atoms with Crippen LogP contribution in [-0.2, 0) is 6.54 Å². The number of nitrogens with two attached hydrogens (primary N) is 1. The number of aromatic nitrogens is 2. The van der Waals surface area contributed by atoms with Crippen LogP contribution in [0.1, 0.15) is 23.2 Å². The van der Waals surface area contributed by atoms with Crippen molar-refractivity contribution in [3.05, 3.63) is 115 Å². The third kappa shape index (κ3) is 4.31. The summed E-state index contributed by atoms with van der Waals surface area (Å²) in [5.41, 5.74) is 5.99. The van der Waals surface area contributed by atoms with Crippen molar-refractivity contribution in [1.29, 1.82) is 0 Å². The van der Waals surface area contributed by atoms with Crippen LogP contribution in [0.15, 0.2) is 76.3 Å². The summed E-state index contributed by atoms with van der Waals surface area (Å²) in [6.45, 7) is -0.186. The van der Waals surface area contributed by atoms with Crippen molar-refractivity contribution >= 4 is 23.2 Å². The third-order valence-electron chi connectivity index (χ3n) is 6.41. The van der Waals surface area contributed by atoms with Gasteiger partial charge in [0.1, 0.15) is 18.2 Å². The Morgan fingerprint density at radius 1 is 1.05 bits per heavy atom. The van der Waals surface area contributed by atoms with Crippen molar-refractivity contribution in [3.8, 4) is 22.8 Å². The van der Waals surface area contributed by atoms with Gasteiger partial charge in [-0.1, -0.05) is 71.7 Å². The van der Waals surface area contributed by atoms with E-state index in [4.69, 9.17) is 38.4 Å². The van der Waals surface area contributed by atoms with Gasteiger partial charge in [-0.15, -0.1) is 0 Å². The number of fused-ring (bicyclic) bond motifs is 1. The van der Waals surface area contributed by atoms with E-state index in [-0.39, 0.29) is 35.9 Å². The fourth-order valence-corrected chi connectivity index (χ4v) is 5.25. The van der Waals surface area contributed by atoms with Crippen molar-refractivity contribution in [3.63, 3.8) is 0 Å². The lowest BCUT2D eigenvalue weighted by atomic mass is 10.0. The molecule has 7 nitrogen and oxygen atoms in total. The molecule has 0 radical (unpaired) electrons. The van der Waals surface area contributed by atoms with Gasteiger partial charge >= 0.3 is 5.69 Å². The second-order valence-electron chi connectivity index (χ2n) is 8.55. The molecule has 0 saturated carbocycles. The minimum absolute atomic E-state index is 0.0362. The van der Waals surface area contributed by atoms with Gasteiger partial charge in [-0.2, -0.15) is 0 Å². The summed E-state index contributed by atoms with van der Waals surface area (Å²) in [5.74, 6) is -0.893. The molecule has 3 aromatic carbocycles. The van der Waals surface area contributed by atoms with E-state index in [0.717, 1.165) is 10.1 Å². The van der Waals surface area contributed by atoms with E-state index in [1.165, 1.54) is 23.8 Å². The quantitative estimate of drug-likeness (QED) is 0.378. The van der Waals surface area contributed by atoms with E-state index in [2.05, 4.69) is 0 Å². The number of ether oxygens (including phenoxy) is 2. The minimum atomic E-state index is -0.759. The predicted molar refractivity (Wildman–Crippen MR) is 140 cm³/mol. The molecule has 0 saturated heterocycles.